The van der Waals surface area contributed by atoms with Crippen LogP contribution in [-0.4, -0.2) is 43.4 Å². The summed E-state index contributed by atoms with van der Waals surface area (Å²) in [7, 11) is -1.23. The molecule has 1 aliphatic carbocycles. The van der Waals surface area contributed by atoms with E-state index < -0.39 is 13.9 Å². The van der Waals surface area contributed by atoms with Gasteiger partial charge < -0.3 is 24.1 Å². The van der Waals surface area contributed by atoms with E-state index in [9.17, 15) is 10.1 Å². The first-order valence-corrected chi connectivity index (χ1v) is 16.9. The van der Waals surface area contributed by atoms with E-state index in [0.717, 1.165) is 42.9 Å². The Bertz CT molecular complexity index is 1190. The van der Waals surface area contributed by atoms with Crippen molar-refractivity contribution in [1.82, 2.24) is 9.55 Å². The van der Waals surface area contributed by atoms with Crippen molar-refractivity contribution in [3.63, 3.8) is 0 Å². The average molecular weight is 523 g/mol. The number of nitrogens with one attached hydrogen (secondary N) is 1. The van der Waals surface area contributed by atoms with Crippen LogP contribution in [0.2, 0.25) is 25.7 Å². The molecule has 0 spiro atoms. The van der Waals surface area contributed by atoms with Crippen LogP contribution in [0.3, 0.4) is 0 Å². The monoisotopic (exact) mass is 522 g/mol. The normalized spacial score (nSPS) is 17.6. The number of anilines is 1. The highest BCUT2D eigenvalue weighted by molar-refractivity contribution is 6.76. The van der Waals surface area contributed by atoms with Crippen LogP contribution < -0.4 is 5.32 Å². The first-order chi connectivity index (χ1) is 17.7. The smallest absolute Gasteiger partial charge is 0.291 e. The topological polar surface area (TPSA) is 98.4 Å². The Kier molecular flexibility index (Phi) is 8.65. The van der Waals surface area contributed by atoms with Gasteiger partial charge in [0.05, 0.1) is 13.2 Å². The van der Waals surface area contributed by atoms with Crippen molar-refractivity contribution in [2.45, 2.75) is 77.2 Å². The number of hydrogen-bond donors (Lipinski definition) is 1. The maximum Gasteiger partial charge on any atom is 0.291 e. The second kappa shape index (κ2) is 11.7. The van der Waals surface area contributed by atoms with Gasteiger partial charge in [-0.05, 0) is 62.8 Å². The van der Waals surface area contributed by atoms with Crippen LogP contribution in [0.5, 0.6) is 0 Å². The number of imidazole rings is 1. The van der Waals surface area contributed by atoms with Crippen LogP contribution in [0.15, 0.2) is 30.5 Å². The zero-order valence-corrected chi connectivity index (χ0v) is 23.4. The molecule has 8 nitrogen and oxygen atoms in total. The lowest BCUT2D eigenvalue weighted by Gasteiger charge is -2.35. The third-order valence-corrected chi connectivity index (χ3v) is 8.50. The van der Waals surface area contributed by atoms with E-state index in [-0.39, 0.29) is 24.2 Å². The molecule has 1 aliphatic heterocycles. The Balaban J connectivity index is 1.59. The predicted octanol–water partition coefficient (Wildman–Crippen LogP) is 5.89. The molecule has 9 heteroatoms. The summed E-state index contributed by atoms with van der Waals surface area (Å²) in [5.41, 5.74) is 3.99. The Morgan fingerprint density at radius 2 is 2.03 bits per heavy atom. The predicted molar refractivity (Wildman–Crippen MR) is 146 cm³/mol. The number of hydrogen-bond acceptors (Lipinski definition) is 6. The Hall–Kier alpha value is -2.77. The second-order valence-electron chi connectivity index (χ2n) is 11.1. The van der Waals surface area contributed by atoms with Crippen molar-refractivity contribution in [2.75, 3.05) is 25.1 Å². The molecule has 1 aromatic carbocycles. The number of aromatic nitrogens is 2. The molecule has 1 fully saturated rings. The molecule has 0 radical (unpaired) electrons. The lowest BCUT2D eigenvalue weighted by atomic mass is 9.90. The van der Waals surface area contributed by atoms with Crippen LogP contribution in [0.4, 0.5) is 5.69 Å². The summed E-state index contributed by atoms with van der Waals surface area (Å²) in [5.74, 6) is -1.03. The molecule has 0 saturated carbocycles. The molecule has 1 N–H and O–H groups in total. The van der Waals surface area contributed by atoms with Crippen LogP contribution >= 0.6 is 0 Å². The van der Waals surface area contributed by atoms with Gasteiger partial charge in [-0.2, -0.15) is 5.26 Å². The minimum absolute atomic E-state index is 0.156. The van der Waals surface area contributed by atoms with Gasteiger partial charge in [0.25, 0.3) is 5.91 Å². The molecule has 2 aliphatic rings. The van der Waals surface area contributed by atoms with Gasteiger partial charge in [0.2, 0.25) is 5.82 Å². The Morgan fingerprint density at radius 3 is 2.70 bits per heavy atom. The number of nitrogens with zero attached hydrogens (tertiary/aromatic N) is 3. The van der Waals surface area contributed by atoms with E-state index in [0.29, 0.717) is 25.5 Å². The Labute approximate surface area is 220 Å². The maximum absolute atomic E-state index is 13.4. The van der Waals surface area contributed by atoms with Gasteiger partial charge >= 0.3 is 0 Å². The number of allylic oxidation sites excluding steroid dienone is 2. The van der Waals surface area contributed by atoms with E-state index in [1.54, 1.807) is 10.8 Å². The SMILES string of the molecule is CC1(c2ccc(NC(=O)c3nc(C#N)cn3COCC[Si](C)(C)C)c(C3=CCCCC3)c2)OCCCO1. The minimum Gasteiger partial charge on any atom is -0.361 e. The largest absolute Gasteiger partial charge is 0.361 e. The number of rotatable bonds is 9. The fraction of sp³-hybridized carbons (Fsp3) is 0.536. The van der Waals surface area contributed by atoms with Gasteiger partial charge in [0.1, 0.15) is 12.8 Å². The van der Waals surface area contributed by atoms with Crippen LogP contribution in [-0.2, 0) is 26.7 Å². The van der Waals surface area contributed by atoms with Gasteiger partial charge in [0.15, 0.2) is 11.5 Å². The number of carbonyl (C=O) groups excluding carboxylic acids is 1. The average Bonchev–Trinajstić information content (AvgIpc) is 3.31. The summed E-state index contributed by atoms with van der Waals surface area (Å²) in [6.07, 6.45) is 8.94. The van der Waals surface area contributed by atoms with Crippen molar-refractivity contribution < 1.29 is 19.0 Å². The van der Waals surface area contributed by atoms with Crippen molar-refractivity contribution in [1.29, 1.82) is 5.26 Å². The molecule has 4 rings (SSSR count). The van der Waals surface area contributed by atoms with E-state index in [1.165, 1.54) is 12.0 Å². The number of amides is 1. The van der Waals surface area contributed by atoms with E-state index >= 15 is 0 Å². The fourth-order valence-corrected chi connectivity index (χ4v) is 5.31. The highest BCUT2D eigenvalue weighted by atomic mass is 28.3. The zero-order valence-electron chi connectivity index (χ0n) is 22.4. The molecule has 1 amide bonds. The summed E-state index contributed by atoms with van der Waals surface area (Å²) in [6, 6.07) is 8.98. The molecule has 0 bridgehead atoms. The van der Waals surface area contributed by atoms with Gasteiger partial charge in [-0.15, -0.1) is 0 Å². The first-order valence-electron chi connectivity index (χ1n) is 13.2. The molecule has 2 aromatic rings. The standard InChI is InChI=1S/C28H38N4O4Si/c1-28(35-13-8-14-36-28)22-11-12-25(24(17-22)21-9-6-5-7-10-21)31-27(33)26-30-23(18-29)19-32(26)20-34-15-16-37(2,3)4/h9,11-12,17,19H,5-8,10,13-16,20H2,1-4H3,(H,31,33). The van der Waals surface area contributed by atoms with Crippen molar-refractivity contribution in [3.05, 3.63) is 53.1 Å². The minimum atomic E-state index is -1.23. The highest BCUT2D eigenvalue weighted by Crippen LogP contribution is 2.37. The quantitative estimate of drug-likeness (QED) is 0.326. The third kappa shape index (κ3) is 6.96. The van der Waals surface area contributed by atoms with Crippen LogP contribution in [0.25, 0.3) is 5.57 Å². The lowest BCUT2D eigenvalue weighted by Crippen LogP contribution is -2.35. The third-order valence-electron chi connectivity index (χ3n) is 6.79. The molecule has 37 heavy (non-hydrogen) atoms. The molecule has 0 atom stereocenters. The number of ether oxygens (including phenoxy) is 3. The molecular weight excluding hydrogens is 484 g/mol. The summed E-state index contributed by atoms with van der Waals surface area (Å²) >= 11 is 0. The molecule has 2 heterocycles. The summed E-state index contributed by atoms with van der Waals surface area (Å²) in [6.45, 7) is 10.9. The summed E-state index contributed by atoms with van der Waals surface area (Å²) in [4.78, 5) is 17.7. The van der Waals surface area contributed by atoms with Gasteiger partial charge in [-0.3, -0.25) is 4.79 Å². The molecule has 198 valence electrons. The number of carbonyl (C=O) groups is 1. The molecule has 0 unspecified atom stereocenters. The van der Waals surface area contributed by atoms with Gasteiger partial charge in [-0.25, -0.2) is 4.98 Å². The van der Waals surface area contributed by atoms with E-state index in [4.69, 9.17) is 14.2 Å². The van der Waals surface area contributed by atoms with Crippen molar-refractivity contribution in [3.8, 4) is 6.07 Å². The van der Waals surface area contributed by atoms with Crippen molar-refractivity contribution >= 4 is 25.2 Å². The van der Waals surface area contributed by atoms with Crippen LogP contribution in [0.1, 0.15) is 66.5 Å². The zero-order chi connectivity index (χ0) is 26.5. The maximum atomic E-state index is 13.4. The van der Waals surface area contributed by atoms with E-state index in [1.807, 2.05) is 25.1 Å². The Morgan fingerprint density at radius 1 is 1.24 bits per heavy atom. The van der Waals surface area contributed by atoms with Crippen LogP contribution in [0, 0.1) is 11.3 Å². The second-order valence-corrected chi connectivity index (χ2v) is 16.7. The first kappa shape index (κ1) is 27.3. The lowest BCUT2D eigenvalue weighted by molar-refractivity contribution is -0.264. The summed E-state index contributed by atoms with van der Waals surface area (Å²) < 4.78 is 19.4. The van der Waals surface area contributed by atoms with Gasteiger partial charge in [0, 0.05) is 37.7 Å². The molecule has 1 saturated heterocycles. The molecular formula is C28H38N4O4Si. The highest BCUT2D eigenvalue weighted by Gasteiger charge is 2.32. The number of benzene rings is 1. The van der Waals surface area contributed by atoms with E-state index in [2.05, 4.69) is 42.1 Å². The summed E-state index contributed by atoms with van der Waals surface area (Å²) in [5, 5.41) is 12.5. The number of nitriles is 1. The molecule has 1 aromatic heterocycles. The van der Waals surface area contributed by atoms with Gasteiger partial charge in [-0.1, -0.05) is 31.8 Å². The fourth-order valence-electron chi connectivity index (χ4n) is 4.55. The van der Waals surface area contributed by atoms with Crippen molar-refractivity contribution in [2.24, 2.45) is 0 Å².